The maximum Gasteiger partial charge on any atom is 0.245 e. The lowest BCUT2D eigenvalue weighted by Gasteiger charge is -2.36. The molecular weight excluding hydrogens is 246 g/mol. The molecule has 0 aromatic heterocycles. The second-order valence-electron chi connectivity index (χ2n) is 4.87. The molecule has 6 heteroatoms. The lowest BCUT2D eigenvalue weighted by Crippen LogP contribution is -2.57. The van der Waals surface area contributed by atoms with Crippen molar-refractivity contribution in [3.63, 3.8) is 0 Å². The van der Waals surface area contributed by atoms with Crippen molar-refractivity contribution >= 4 is 11.8 Å². The van der Waals surface area contributed by atoms with Crippen molar-refractivity contribution in [1.82, 2.24) is 15.5 Å². The van der Waals surface area contributed by atoms with Crippen LogP contribution in [0.15, 0.2) is 0 Å². The quantitative estimate of drug-likeness (QED) is 0.689. The molecule has 2 N–H and O–H groups in total. The Bertz CT molecular complexity index is 310. The van der Waals surface area contributed by atoms with E-state index in [1.54, 1.807) is 4.90 Å². The van der Waals surface area contributed by atoms with Crippen molar-refractivity contribution in [2.75, 3.05) is 39.9 Å². The monoisotopic (exact) mass is 271 g/mol. The molecule has 1 fully saturated rings. The normalized spacial score (nSPS) is 21.0. The van der Waals surface area contributed by atoms with Crippen LogP contribution in [0.3, 0.4) is 0 Å². The minimum absolute atomic E-state index is 0.00861. The van der Waals surface area contributed by atoms with E-state index in [9.17, 15) is 9.59 Å². The number of carbonyl (C=O) groups excluding carboxylic acids is 2. The van der Waals surface area contributed by atoms with Crippen molar-refractivity contribution in [1.29, 1.82) is 0 Å². The van der Waals surface area contributed by atoms with Crippen molar-refractivity contribution in [3.05, 3.63) is 0 Å². The summed E-state index contributed by atoms with van der Waals surface area (Å²) in [4.78, 5) is 26.0. The molecule has 1 heterocycles. The molecule has 6 nitrogen and oxygen atoms in total. The van der Waals surface area contributed by atoms with E-state index in [0.29, 0.717) is 26.2 Å². The van der Waals surface area contributed by atoms with Gasteiger partial charge in [0.15, 0.2) is 0 Å². The molecule has 0 spiro atoms. The van der Waals surface area contributed by atoms with Gasteiger partial charge in [0.2, 0.25) is 11.8 Å². The Morgan fingerprint density at radius 2 is 2.21 bits per heavy atom. The first-order chi connectivity index (χ1) is 9.11. The largest absolute Gasteiger partial charge is 0.377 e. The molecule has 1 aliphatic rings. The number of nitrogens with zero attached hydrogens (tertiary/aromatic N) is 1. The van der Waals surface area contributed by atoms with Gasteiger partial charge in [0, 0.05) is 25.6 Å². The van der Waals surface area contributed by atoms with Crippen LogP contribution < -0.4 is 10.6 Å². The Hall–Kier alpha value is -1.14. The number of carbonyl (C=O) groups is 2. The molecule has 110 valence electrons. The molecule has 0 aliphatic carbocycles. The lowest BCUT2D eigenvalue weighted by atomic mass is 10.1. The van der Waals surface area contributed by atoms with Gasteiger partial charge in [-0.3, -0.25) is 9.59 Å². The van der Waals surface area contributed by atoms with E-state index < -0.39 is 6.04 Å². The summed E-state index contributed by atoms with van der Waals surface area (Å²) in [6, 6.07) is -0.493. The Balaban J connectivity index is 2.66. The topological polar surface area (TPSA) is 70.7 Å². The highest BCUT2D eigenvalue weighted by atomic mass is 16.5. The molecule has 0 aromatic carbocycles. The minimum atomic E-state index is -0.493. The number of ether oxygens (including phenoxy) is 1. The summed E-state index contributed by atoms with van der Waals surface area (Å²) in [5, 5.41) is 5.82. The Labute approximate surface area is 114 Å². The van der Waals surface area contributed by atoms with E-state index in [1.165, 1.54) is 0 Å². The molecule has 0 radical (unpaired) electrons. The average Bonchev–Trinajstić information content (AvgIpc) is 2.44. The van der Waals surface area contributed by atoms with Crippen molar-refractivity contribution < 1.29 is 14.3 Å². The predicted octanol–water partition coefficient (Wildman–Crippen LogP) is -0.404. The summed E-state index contributed by atoms with van der Waals surface area (Å²) < 4.78 is 5.33. The van der Waals surface area contributed by atoms with Crippen molar-refractivity contribution in [2.45, 2.75) is 26.3 Å². The van der Waals surface area contributed by atoms with Gasteiger partial charge in [0.25, 0.3) is 0 Å². The fourth-order valence-corrected chi connectivity index (χ4v) is 2.13. The summed E-state index contributed by atoms with van der Waals surface area (Å²) in [5.41, 5.74) is 0. The molecule has 1 saturated heterocycles. The lowest BCUT2D eigenvalue weighted by molar-refractivity contribution is -0.151. The van der Waals surface area contributed by atoms with Crippen LogP contribution in [0.2, 0.25) is 0 Å². The van der Waals surface area contributed by atoms with Crippen LogP contribution in [0.1, 0.15) is 20.3 Å². The van der Waals surface area contributed by atoms with Gasteiger partial charge in [-0.1, -0.05) is 13.8 Å². The first kappa shape index (κ1) is 15.9. The van der Waals surface area contributed by atoms with Crippen LogP contribution in [0.25, 0.3) is 0 Å². The Morgan fingerprint density at radius 3 is 2.84 bits per heavy atom. The fourth-order valence-electron chi connectivity index (χ4n) is 2.13. The SMILES string of the molecule is CCCNC(=O)C1COCCN1C(=O)C(C)CNC. The highest BCUT2D eigenvalue weighted by Crippen LogP contribution is 2.12. The summed E-state index contributed by atoms with van der Waals surface area (Å²) >= 11 is 0. The standard InChI is InChI=1S/C13H25N3O3/c1-4-5-15-12(17)11-9-19-7-6-16(11)13(18)10(2)8-14-3/h10-11,14H,4-9H2,1-3H3,(H,15,17). The predicted molar refractivity (Wildman–Crippen MR) is 72.7 cm³/mol. The van der Waals surface area contributed by atoms with E-state index in [4.69, 9.17) is 4.74 Å². The number of nitrogens with one attached hydrogen (secondary N) is 2. The van der Waals surface area contributed by atoms with Crippen LogP contribution in [0.4, 0.5) is 0 Å². The van der Waals surface area contributed by atoms with Crippen molar-refractivity contribution in [3.8, 4) is 0 Å². The highest BCUT2D eigenvalue weighted by molar-refractivity contribution is 5.88. The van der Waals surface area contributed by atoms with E-state index in [1.807, 2.05) is 20.9 Å². The van der Waals surface area contributed by atoms with Crippen LogP contribution in [-0.4, -0.2) is 62.7 Å². The van der Waals surface area contributed by atoms with Gasteiger partial charge in [-0.2, -0.15) is 0 Å². The summed E-state index contributed by atoms with van der Waals surface area (Å²) in [6.07, 6.45) is 0.878. The van der Waals surface area contributed by atoms with Crippen LogP contribution >= 0.6 is 0 Å². The molecule has 2 unspecified atom stereocenters. The number of hydrogen-bond acceptors (Lipinski definition) is 4. The molecule has 2 atom stereocenters. The van der Waals surface area contributed by atoms with Gasteiger partial charge in [0.05, 0.1) is 13.2 Å². The van der Waals surface area contributed by atoms with E-state index >= 15 is 0 Å². The smallest absolute Gasteiger partial charge is 0.245 e. The van der Waals surface area contributed by atoms with E-state index in [-0.39, 0.29) is 24.3 Å². The molecule has 1 rings (SSSR count). The number of rotatable bonds is 6. The number of hydrogen-bond donors (Lipinski definition) is 2. The minimum Gasteiger partial charge on any atom is -0.377 e. The third-order valence-corrected chi connectivity index (χ3v) is 3.20. The third kappa shape index (κ3) is 4.47. The molecule has 2 amide bonds. The van der Waals surface area contributed by atoms with E-state index in [2.05, 4.69) is 10.6 Å². The zero-order valence-electron chi connectivity index (χ0n) is 12.1. The molecule has 0 saturated carbocycles. The molecule has 1 aliphatic heterocycles. The van der Waals surface area contributed by atoms with Gasteiger partial charge in [-0.15, -0.1) is 0 Å². The summed E-state index contributed by atoms with van der Waals surface area (Å²) in [7, 11) is 1.81. The van der Waals surface area contributed by atoms with Crippen molar-refractivity contribution in [2.24, 2.45) is 5.92 Å². The van der Waals surface area contributed by atoms with Gasteiger partial charge in [-0.05, 0) is 13.5 Å². The molecule has 0 bridgehead atoms. The van der Waals surface area contributed by atoms with Crippen LogP contribution in [-0.2, 0) is 14.3 Å². The van der Waals surface area contributed by atoms with Gasteiger partial charge >= 0.3 is 0 Å². The van der Waals surface area contributed by atoms with Gasteiger partial charge < -0.3 is 20.3 Å². The molecule has 19 heavy (non-hydrogen) atoms. The molecule has 0 aromatic rings. The Morgan fingerprint density at radius 1 is 1.47 bits per heavy atom. The maximum atomic E-state index is 12.3. The number of amides is 2. The van der Waals surface area contributed by atoms with Gasteiger partial charge in [-0.25, -0.2) is 0 Å². The maximum absolute atomic E-state index is 12.3. The second-order valence-corrected chi connectivity index (χ2v) is 4.87. The van der Waals surface area contributed by atoms with E-state index in [0.717, 1.165) is 6.42 Å². The van der Waals surface area contributed by atoms with Crippen LogP contribution in [0.5, 0.6) is 0 Å². The second kappa shape index (κ2) is 8.12. The fraction of sp³-hybridized carbons (Fsp3) is 0.846. The average molecular weight is 271 g/mol. The summed E-state index contributed by atoms with van der Waals surface area (Å²) in [5.74, 6) is -0.245. The van der Waals surface area contributed by atoms with Crippen LogP contribution in [0, 0.1) is 5.92 Å². The first-order valence-electron chi connectivity index (χ1n) is 6.92. The number of morpholine rings is 1. The molecular formula is C13H25N3O3. The van der Waals surface area contributed by atoms with Gasteiger partial charge in [0.1, 0.15) is 6.04 Å². The first-order valence-corrected chi connectivity index (χ1v) is 6.92. The summed E-state index contributed by atoms with van der Waals surface area (Å²) in [6.45, 7) is 6.37. The zero-order chi connectivity index (χ0) is 14.3. The zero-order valence-corrected chi connectivity index (χ0v) is 12.1. The Kier molecular flexibility index (Phi) is 6.80. The highest BCUT2D eigenvalue weighted by Gasteiger charge is 2.34. The third-order valence-electron chi connectivity index (χ3n) is 3.20.